The summed E-state index contributed by atoms with van der Waals surface area (Å²) in [7, 11) is 0. The van der Waals surface area contributed by atoms with Crippen molar-refractivity contribution in [2.45, 2.75) is 30.7 Å². The van der Waals surface area contributed by atoms with Gasteiger partial charge in [0, 0.05) is 17.9 Å². The molecule has 0 fully saturated rings. The van der Waals surface area contributed by atoms with Crippen LogP contribution in [0, 0.1) is 6.92 Å². The Labute approximate surface area is 195 Å². The summed E-state index contributed by atoms with van der Waals surface area (Å²) in [6.07, 6.45) is -2.98. The van der Waals surface area contributed by atoms with Crippen molar-refractivity contribution in [1.29, 1.82) is 0 Å². The van der Waals surface area contributed by atoms with Gasteiger partial charge in [-0.25, -0.2) is 9.67 Å². The maximum atomic E-state index is 13.2. The first-order valence-electron chi connectivity index (χ1n) is 10.4. The monoisotopic (exact) mass is 485 g/mol. The van der Waals surface area contributed by atoms with Crippen LogP contribution in [-0.2, 0) is 11.0 Å². The molecule has 1 amide bonds. The lowest BCUT2D eigenvalue weighted by atomic mass is 10.2. The molecule has 2 aromatic heterocycles. The van der Waals surface area contributed by atoms with Crippen molar-refractivity contribution in [3.63, 3.8) is 0 Å². The van der Waals surface area contributed by atoms with Gasteiger partial charge in [-0.05, 0) is 48.9 Å². The SMILES string of the molecule is Cc1cccc(-n2ncc3c(=O)n4c(nc32)SCC4CC(=O)Nc2ccc(C(F)(F)F)cc2)c1. The lowest BCUT2D eigenvalue weighted by Crippen LogP contribution is -2.27. The number of aromatic nitrogens is 4. The number of aryl methyl sites for hydroxylation is 1. The summed E-state index contributed by atoms with van der Waals surface area (Å²) < 4.78 is 41.3. The van der Waals surface area contributed by atoms with E-state index in [1.807, 2.05) is 31.2 Å². The summed E-state index contributed by atoms with van der Waals surface area (Å²) in [5.74, 6) is 0.0772. The van der Waals surface area contributed by atoms with Gasteiger partial charge in [-0.1, -0.05) is 23.9 Å². The average Bonchev–Trinajstić information content (AvgIpc) is 3.38. The maximum Gasteiger partial charge on any atom is 0.416 e. The van der Waals surface area contributed by atoms with E-state index in [2.05, 4.69) is 15.4 Å². The fourth-order valence-electron chi connectivity index (χ4n) is 3.90. The van der Waals surface area contributed by atoms with Gasteiger partial charge in [0.05, 0.1) is 23.5 Å². The molecule has 0 bridgehead atoms. The van der Waals surface area contributed by atoms with Gasteiger partial charge in [0.15, 0.2) is 10.8 Å². The number of anilines is 1. The number of rotatable bonds is 4. The van der Waals surface area contributed by atoms with Gasteiger partial charge >= 0.3 is 6.18 Å². The number of halogens is 3. The van der Waals surface area contributed by atoms with Crippen molar-refractivity contribution in [2.24, 2.45) is 0 Å². The Morgan fingerprint density at radius 3 is 2.68 bits per heavy atom. The van der Waals surface area contributed by atoms with Gasteiger partial charge < -0.3 is 5.32 Å². The smallest absolute Gasteiger partial charge is 0.326 e. The summed E-state index contributed by atoms with van der Waals surface area (Å²) in [5.41, 5.74) is 1.47. The molecule has 0 saturated heterocycles. The second kappa shape index (κ2) is 8.32. The maximum absolute atomic E-state index is 13.2. The van der Waals surface area contributed by atoms with Crippen molar-refractivity contribution >= 4 is 34.4 Å². The summed E-state index contributed by atoms with van der Waals surface area (Å²) in [6, 6.07) is 11.5. The van der Waals surface area contributed by atoms with E-state index in [-0.39, 0.29) is 17.7 Å². The second-order valence-corrected chi connectivity index (χ2v) is 8.98. The molecule has 0 radical (unpaired) electrons. The van der Waals surface area contributed by atoms with Crippen molar-refractivity contribution in [3.05, 3.63) is 76.2 Å². The molecule has 1 atom stereocenters. The van der Waals surface area contributed by atoms with Crippen molar-refractivity contribution in [2.75, 3.05) is 11.1 Å². The number of nitrogens with one attached hydrogen (secondary N) is 1. The Bertz CT molecular complexity index is 1460. The topological polar surface area (TPSA) is 81.8 Å². The number of hydrogen-bond acceptors (Lipinski definition) is 5. The summed E-state index contributed by atoms with van der Waals surface area (Å²) in [5, 5.41) is 7.79. The van der Waals surface area contributed by atoms with Crippen LogP contribution < -0.4 is 10.9 Å². The highest BCUT2D eigenvalue weighted by Gasteiger charge is 2.31. The molecule has 0 aliphatic carbocycles. The molecule has 1 unspecified atom stereocenters. The molecule has 11 heteroatoms. The van der Waals surface area contributed by atoms with Crippen LogP contribution >= 0.6 is 11.8 Å². The first-order valence-corrected chi connectivity index (χ1v) is 11.4. The van der Waals surface area contributed by atoms with E-state index in [0.717, 1.165) is 23.4 Å². The average molecular weight is 485 g/mol. The fraction of sp³-hybridized carbons (Fsp3) is 0.217. The molecule has 0 spiro atoms. The number of amides is 1. The van der Waals surface area contributed by atoms with Gasteiger partial charge in [-0.3, -0.25) is 14.2 Å². The van der Waals surface area contributed by atoms with E-state index in [4.69, 9.17) is 0 Å². The number of fused-ring (bicyclic) bond motifs is 2. The Balaban J connectivity index is 1.38. The molecule has 0 saturated carbocycles. The van der Waals surface area contributed by atoms with Crippen LogP contribution in [0.2, 0.25) is 0 Å². The number of thioether (sulfide) groups is 1. The molecule has 174 valence electrons. The first kappa shape index (κ1) is 22.2. The minimum atomic E-state index is -4.44. The standard InChI is InChI=1S/C23H18F3N5O2S/c1-13-3-2-4-16(9-13)31-20-18(11-27-31)21(33)30-17(12-34-22(30)29-20)10-19(32)28-15-7-5-14(6-8-15)23(24,25)26/h2-9,11,17H,10,12H2,1H3,(H,28,32). The Hall–Kier alpha value is -3.60. The van der Waals surface area contributed by atoms with Crippen LogP contribution in [0.1, 0.15) is 23.6 Å². The molecule has 1 aliphatic rings. The summed E-state index contributed by atoms with van der Waals surface area (Å²) in [4.78, 5) is 30.4. The van der Waals surface area contributed by atoms with Crippen LogP contribution in [0.25, 0.3) is 16.7 Å². The molecular weight excluding hydrogens is 467 g/mol. The molecule has 3 heterocycles. The van der Waals surface area contributed by atoms with Crippen molar-refractivity contribution in [1.82, 2.24) is 19.3 Å². The zero-order chi connectivity index (χ0) is 24.0. The summed E-state index contributed by atoms with van der Waals surface area (Å²) >= 11 is 1.37. The number of benzene rings is 2. The van der Waals surface area contributed by atoms with Crippen LogP contribution in [0.4, 0.5) is 18.9 Å². The van der Waals surface area contributed by atoms with E-state index in [9.17, 15) is 22.8 Å². The lowest BCUT2D eigenvalue weighted by molar-refractivity contribution is -0.137. The predicted molar refractivity (Wildman–Crippen MR) is 122 cm³/mol. The fourth-order valence-corrected chi connectivity index (χ4v) is 5.03. The zero-order valence-corrected chi connectivity index (χ0v) is 18.7. The van der Waals surface area contributed by atoms with Gasteiger partial charge in [-0.2, -0.15) is 18.3 Å². The minimum Gasteiger partial charge on any atom is -0.326 e. The molecule has 1 aliphatic heterocycles. The lowest BCUT2D eigenvalue weighted by Gasteiger charge is -2.14. The Morgan fingerprint density at radius 2 is 1.97 bits per heavy atom. The van der Waals surface area contributed by atoms with E-state index >= 15 is 0 Å². The predicted octanol–water partition coefficient (Wildman–Crippen LogP) is 4.59. The largest absolute Gasteiger partial charge is 0.416 e. The summed E-state index contributed by atoms with van der Waals surface area (Å²) in [6.45, 7) is 1.96. The molecular formula is C23H18F3N5O2S. The van der Waals surface area contributed by atoms with Gasteiger partial charge in [0.1, 0.15) is 5.39 Å². The Morgan fingerprint density at radius 1 is 1.21 bits per heavy atom. The number of nitrogens with zero attached hydrogens (tertiary/aromatic N) is 4. The zero-order valence-electron chi connectivity index (χ0n) is 17.8. The van der Waals surface area contributed by atoms with E-state index in [0.29, 0.717) is 21.9 Å². The second-order valence-electron chi connectivity index (χ2n) is 7.99. The highest BCUT2D eigenvalue weighted by molar-refractivity contribution is 7.99. The van der Waals surface area contributed by atoms with Gasteiger partial charge in [0.2, 0.25) is 5.91 Å². The Kier molecular flexibility index (Phi) is 5.43. The highest BCUT2D eigenvalue weighted by atomic mass is 32.2. The third-order valence-corrected chi connectivity index (χ3v) is 6.63. The number of carbonyl (C=O) groups is 1. The third kappa shape index (κ3) is 4.07. The van der Waals surface area contributed by atoms with Crippen LogP contribution in [0.5, 0.6) is 0 Å². The van der Waals surface area contributed by atoms with Gasteiger partial charge in [0.25, 0.3) is 5.56 Å². The van der Waals surface area contributed by atoms with Crippen LogP contribution in [0.15, 0.2) is 64.7 Å². The highest BCUT2D eigenvalue weighted by Crippen LogP contribution is 2.34. The number of alkyl halides is 3. The van der Waals surface area contributed by atoms with Crippen LogP contribution in [0.3, 0.4) is 0 Å². The third-order valence-electron chi connectivity index (χ3n) is 5.53. The van der Waals surface area contributed by atoms with Crippen molar-refractivity contribution in [3.8, 4) is 5.69 Å². The van der Waals surface area contributed by atoms with E-state index in [1.165, 1.54) is 34.7 Å². The minimum absolute atomic E-state index is 0.0138. The van der Waals surface area contributed by atoms with E-state index < -0.39 is 23.7 Å². The molecule has 5 rings (SSSR count). The van der Waals surface area contributed by atoms with Crippen molar-refractivity contribution < 1.29 is 18.0 Å². The molecule has 4 aromatic rings. The van der Waals surface area contributed by atoms with E-state index in [1.54, 1.807) is 4.68 Å². The number of hydrogen-bond donors (Lipinski definition) is 1. The molecule has 2 aromatic carbocycles. The molecule has 7 nitrogen and oxygen atoms in total. The van der Waals surface area contributed by atoms with Gasteiger partial charge in [-0.15, -0.1) is 0 Å². The molecule has 1 N–H and O–H groups in total. The molecule has 34 heavy (non-hydrogen) atoms. The first-order chi connectivity index (χ1) is 16.2. The normalized spacial score (nSPS) is 15.5. The van der Waals surface area contributed by atoms with Crippen LogP contribution in [-0.4, -0.2) is 31.0 Å². The number of carbonyl (C=O) groups excluding carboxylic acids is 1. The quantitative estimate of drug-likeness (QED) is 0.428.